The highest BCUT2D eigenvalue weighted by Crippen LogP contribution is 2.26. The van der Waals surface area contributed by atoms with Crippen LogP contribution >= 0.6 is 0 Å². The quantitative estimate of drug-likeness (QED) is 0.808. The second kappa shape index (κ2) is 3.97. The molecule has 1 fully saturated rings. The normalized spacial score (nSPS) is 24.4. The van der Waals surface area contributed by atoms with Gasteiger partial charge in [-0.3, -0.25) is 0 Å². The van der Waals surface area contributed by atoms with Gasteiger partial charge in [0.1, 0.15) is 0 Å². The monoisotopic (exact) mass is 235 g/mol. The predicted molar refractivity (Wildman–Crippen MR) is 58.1 cm³/mol. The number of aliphatic hydroxyl groups is 1. The van der Waals surface area contributed by atoms with Crippen LogP contribution in [0.15, 0.2) is 21.3 Å². The lowest BCUT2D eigenvalue weighted by Gasteiger charge is -2.01. The van der Waals surface area contributed by atoms with Crippen LogP contribution in [0.4, 0.5) is 0 Å². The maximum atomic E-state index is 9.42. The zero-order valence-corrected chi connectivity index (χ0v) is 9.38. The minimum atomic E-state index is -0.347. The summed E-state index contributed by atoms with van der Waals surface area (Å²) < 4.78 is 10.5. The maximum absolute atomic E-state index is 9.42. The molecule has 0 aromatic carbocycles. The Balaban J connectivity index is 1.86. The summed E-state index contributed by atoms with van der Waals surface area (Å²) in [5, 5.41) is 16.4. The molecule has 0 spiro atoms. The third kappa shape index (κ3) is 1.85. The first-order chi connectivity index (χ1) is 8.24. The molecule has 0 aliphatic carbocycles. The predicted octanol–water partition coefficient (Wildman–Crippen LogP) is 1.03. The average Bonchev–Trinajstić information content (AvgIpc) is 2.97. The number of hydrogen-bond acceptors (Lipinski definition) is 6. The van der Waals surface area contributed by atoms with E-state index in [9.17, 15) is 5.11 Å². The van der Waals surface area contributed by atoms with Crippen molar-refractivity contribution in [1.29, 1.82) is 0 Å². The lowest BCUT2D eigenvalue weighted by molar-refractivity contribution is 0.191. The van der Waals surface area contributed by atoms with Gasteiger partial charge >= 0.3 is 0 Å². The fourth-order valence-electron chi connectivity index (χ4n) is 1.98. The van der Waals surface area contributed by atoms with E-state index in [-0.39, 0.29) is 12.1 Å². The van der Waals surface area contributed by atoms with Gasteiger partial charge in [-0.15, -0.1) is 0 Å². The van der Waals surface area contributed by atoms with Crippen LogP contribution in [0, 0.1) is 6.92 Å². The van der Waals surface area contributed by atoms with Gasteiger partial charge < -0.3 is 19.4 Å². The van der Waals surface area contributed by atoms with Crippen molar-refractivity contribution in [3.8, 4) is 11.6 Å². The summed E-state index contributed by atoms with van der Waals surface area (Å²) in [4.78, 5) is 4.28. The standard InChI is InChI=1S/C11H13N3O3/c1-6-2-3-16-9(6)10-13-11(17-14-10)8-4-7(15)5-12-8/h2-3,7-8,12,15H,4-5H2,1H3/t7?,8-/m0/s1. The molecule has 3 rings (SSSR count). The first-order valence-electron chi connectivity index (χ1n) is 5.53. The van der Waals surface area contributed by atoms with E-state index in [1.165, 1.54) is 0 Å². The molecule has 2 aromatic heterocycles. The van der Waals surface area contributed by atoms with E-state index in [0.717, 1.165) is 5.56 Å². The summed E-state index contributed by atoms with van der Waals surface area (Å²) in [6.07, 6.45) is 1.84. The molecule has 1 aliphatic rings. The van der Waals surface area contributed by atoms with Crippen LogP contribution in [0.2, 0.25) is 0 Å². The number of β-amino-alcohol motifs (C(OH)–C–C–N with tert-alkyl or cyclic N) is 1. The second-order valence-corrected chi connectivity index (χ2v) is 4.24. The number of furan rings is 1. The van der Waals surface area contributed by atoms with Crippen LogP contribution < -0.4 is 5.32 Å². The summed E-state index contributed by atoms with van der Waals surface area (Å²) >= 11 is 0. The zero-order chi connectivity index (χ0) is 11.8. The highest BCUT2D eigenvalue weighted by molar-refractivity contribution is 5.51. The number of nitrogens with one attached hydrogen (secondary N) is 1. The molecule has 1 saturated heterocycles. The largest absolute Gasteiger partial charge is 0.461 e. The Morgan fingerprint density at radius 2 is 2.41 bits per heavy atom. The Morgan fingerprint density at radius 1 is 1.53 bits per heavy atom. The Morgan fingerprint density at radius 3 is 3.06 bits per heavy atom. The summed E-state index contributed by atoms with van der Waals surface area (Å²) in [6, 6.07) is 1.78. The van der Waals surface area contributed by atoms with Crippen molar-refractivity contribution in [2.75, 3.05) is 6.54 Å². The Kier molecular flexibility index (Phi) is 2.45. The van der Waals surface area contributed by atoms with Crippen molar-refractivity contribution >= 4 is 0 Å². The van der Waals surface area contributed by atoms with Crippen molar-refractivity contribution in [2.24, 2.45) is 0 Å². The summed E-state index contributed by atoms with van der Waals surface area (Å²) in [5.74, 6) is 1.57. The van der Waals surface area contributed by atoms with Crippen LogP contribution in [0.1, 0.15) is 23.9 Å². The first-order valence-corrected chi connectivity index (χ1v) is 5.53. The SMILES string of the molecule is Cc1ccoc1-c1noc([C@@H]2CC(O)CN2)n1. The van der Waals surface area contributed by atoms with Gasteiger partial charge in [0.05, 0.1) is 18.4 Å². The van der Waals surface area contributed by atoms with Gasteiger partial charge in [-0.2, -0.15) is 4.98 Å². The minimum Gasteiger partial charge on any atom is -0.461 e. The number of aromatic nitrogens is 2. The minimum absolute atomic E-state index is 0.0680. The molecule has 0 radical (unpaired) electrons. The summed E-state index contributed by atoms with van der Waals surface area (Å²) in [5.41, 5.74) is 0.969. The molecular weight excluding hydrogens is 222 g/mol. The number of aliphatic hydroxyl groups excluding tert-OH is 1. The number of rotatable bonds is 2. The summed E-state index contributed by atoms with van der Waals surface area (Å²) in [6.45, 7) is 2.48. The van der Waals surface area contributed by atoms with Gasteiger partial charge in [0.2, 0.25) is 11.7 Å². The van der Waals surface area contributed by atoms with Crippen molar-refractivity contribution in [3.63, 3.8) is 0 Å². The molecule has 6 heteroatoms. The zero-order valence-electron chi connectivity index (χ0n) is 9.38. The molecule has 0 amide bonds. The molecule has 2 aromatic rings. The Hall–Kier alpha value is -1.66. The smallest absolute Gasteiger partial charge is 0.244 e. The Labute approximate surface area is 97.6 Å². The van der Waals surface area contributed by atoms with Crippen LogP contribution in [0.3, 0.4) is 0 Å². The molecule has 0 bridgehead atoms. The van der Waals surface area contributed by atoms with Crippen LogP contribution in [0.5, 0.6) is 0 Å². The average molecular weight is 235 g/mol. The van der Waals surface area contributed by atoms with Gasteiger partial charge in [-0.1, -0.05) is 5.16 Å². The van der Waals surface area contributed by atoms with E-state index in [2.05, 4.69) is 15.5 Å². The highest BCUT2D eigenvalue weighted by Gasteiger charge is 2.28. The van der Waals surface area contributed by atoms with E-state index in [1.54, 1.807) is 6.26 Å². The molecule has 2 N–H and O–H groups in total. The molecule has 17 heavy (non-hydrogen) atoms. The van der Waals surface area contributed by atoms with E-state index >= 15 is 0 Å². The van der Waals surface area contributed by atoms with E-state index in [1.807, 2.05) is 13.0 Å². The highest BCUT2D eigenvalue weighted by atomic mass is 16.5. The Bertz CT molecular complexity index is 520. The van der Waals surface area contributed by atoms with Gasteiger partial charge in [-0.25, -0.2) is 0 Å². The van der Waals surface area contributed by atoms with Crippen LogP contribution in [0.25, 0.3) is 11.6 Å². The van der Waals surface area contributed by atoms with Crippen molar-refractivity contribution < 1.29 is 14.0 Å². The third-order valence-electron chi connectivity index (χ3n) is 2.91. The van der Waals surface area contributed by atoms with Gasteiger partial charge in [-0.05, 0) is 25.0 Å². The summed E-state index contributed by atoms with van der Waals surface area (Å²) in [7, 11) is 0. The van der Waals surface area contributed by atoms with Gasteiger partial charge in [0.25, 0.3) is 0 Å². The fraction of sp³-hybridized carbons (Fsp3) is 0.455. The second-order valence-electron chi connectivity index (χ2n) is 4.24. The number of aryl methyl sites for hydroxylation is 1. The molecule has 1 aliphatic heterocycles. The molecular formula is C11H13N3O3. The number of hydrogen-bond donors (Lipinski definition) is 2. The topological polar surface area (TPSA) is 84.3 Å². The molecule has 3 heterocycles. The van der Waals surface area contributed by atoms with Crippen molar-refractivity contribution in [1.82, 2.24) is 15.5 Å². The van der Waals surface area contributed by atoms with Crippen LogP contribution in [-0.4, -0.2) is 27.9 Å². The lowest BCUT2D eigenvalue weighted by atomic mass is 10.2. The van der Waals surface area contributed by atoms with Gasteiger partial charge in [0.15, 0.2) is 5.76 Å². The molecule has 1 unspecified atom stereocenters. The molecule has 2 atom stereocenters. The van der Waals surface area contributed by atoms with E-state index in [4.69, 9.17) is 8.94 Å². The maximum Gasteiger partial charge on any atom is 0.244 e. The molecule has 0 saturated carbocycles. The van der Waals surface area contributed by atoms with E-state index < -0.39 is 0 Å². The van der Waals surface area contributed by atoms with Crippen LogP contribution in [-0.2, 0) is 0 Å². The van der Waals surface area contributed by atoms with E-state index in [0.29, 0.717) is 30.4 Å². The third-order valence-corrected chi connectivity index (χ3v) is 2.91. The lowest BCUT2D eigenvalue weighted by Crippen LogP contribution is -2.15. The van der Waals surface area contributed by atoms with Gasteiger partial charge in [0, 0.05) is 6.54 Å². The molecule has 6 nitrogen and oxygen atoms in total. The number of nitrogens with zero attached hydrogens (tertiary/aromatic N) is 2. The van der Waals surface area contributed by atoms with Crippen molar-refractivity contribution in [2.45, 2.75) is 25.5 Å². The van der Waals surface area contributed by atoms with Crippen molar-refractivity contribution in [3.05, 3.63) is 23.8 Å². The first kappa shape index (κ1) is 10.5. The fourth-order valence-corrected chi connectivity index (χ4v) is 1.98. The molecule has 90 valence electrons.